The van der Waals surface area contributed by atoms with Gasteiger partial charge in [-0.3, -0.25) is 4.79 Å². The highest BCUT2D eigenvalue weighted by molar-refractivity contribution is 5.83. The molecule has 2 aliphatic rings. The minimum atomic E-state index is -1.43. The summed E-state index contributed by atoms with van der Waals surface area (Å²) in [6.07, 6.45) is -2.62. The Balaban J connectivity index is 1.47. The summed E-state index contributed by atoms with van der Waals surface area (Å²) in [4.78, 5) is 27.4. The standard InChI is InChI=1S/C16H23N7O6/c24-3-8-9(22-15(28)7-1-6(25)2-17-7)11(26)12(27)16(29-8)23-14-10-13(19-4-18-10)20-5-21-14/h4-9,11-12,16-17,24-27H,1-3H2,(H,22,28)(H2,18,19,20,21,23)/t6?,7-,8-,9-,11+,12-,16-/m0/s1. The molecule has 13 heteroatoms. The second-order valence-electron chi connectivity index (χ2n) is 7.11. The summed E-state index contributed by atoms with van der Waals surface area (Å²) in [5, 5.41) is 48.7. The number of β-amino-alcohol motifs (C(OH)–C–C–N with tert-alkyl or cyclic N) is 1. The zero-order valence-corrected chi connectivity index (χ0v) is 15.3. The fraction of sp³-hybridized carbons (Fsp3) is 0.625. The SMILES string of the molecule is O=C(N[C@@H]1[C@@H](O)[C@H](O)[C@@H](Nc2ncnc3nc[nH]c23)O[C@H]1CO)[C@@H]1CC(O)CN1. The molecule has 158 valence electrons. The molecule has 2 aliphatic heterocycles. The summed E-state index contributed by atoms with van der Waals surface area (Å²) in [7, 11) is 0. The molecule has 13 nitrogen and oxygen atoms in total. The number of hydrogen-bond acceptors (Lipinski definition) is 11. The topological polar surface area (TPSA) is 198 Å². The van der Waals surface area contributed by atoms with Crippen molar-refractivity contribution in [2.75, 3.05) is 18.5 Å². The molecule has 2 aromatic rings. The molecule has 0 aliphatic carbocycles. The molecule has 4 heterocycles. The van der Waals surface area contributed by atoms with E-state index in [9.17, 15) is 25.2 Å². The monoisotopic (exact) mass is 409 g/mol. The molecule has 0 bridgehead atoms. The van der Waals surface area contributed by atoms with Gasteiger partial charge in [0.2, 0.25) is 5.91 Å². The van der Waals surface area contributed by atoms with E-state index in [2.05, 4.69) is 35.9 Å². The number of aromatic amines is 1. The maximum Gasteiger partial charge on any atom is 0.237 e. The molecule has 2 aromatic heterocycles. The van der Waals surface area contributed by atoms with Crippen LogP contribution in [0.4, 0.5) is 5.82 Å². The number of H-pyrrole nitrogens is 1. The lowest BCUT2D eigenvalue weighted by molar-refractivity contribution is -0.185. The fourth-order valence-electron chi connectivity index (χ4n) is 3.61. The van der Waals surface area contributed by atoms with Gasteiger partial charge in [0, 0.05) is 6.54 Å². The normalized spacial score (nSPS) is 35.0. The Bertz CT molecular complexity index is 863. The molecule has 0 aromatic carbocycles. The zero-order chi connectivity index (χ0) is 20.5. The summed E-state index contributed by atoms with van der Waals surface area (Å²) in [6.45, 7) is -0.211. The van der Waals surface area contributed by atoms with Crippen LogP contribution >= 0.6 is 0 Å². The number of ether oxygens (including phenoxy) is 1. The molecule has 0 spiro atoms. The van der Waals surface area contributed by atoms with Gasteiger partial charge in [0.05, 0.1) is 31.1 Å². The van der Waals surface area contributed by atoms with Gasteiger partial charge >= 0.3 is 0 Å². The van der Waals surface area contributed by atoms with Crippen LogP contribution in [0.15, 0.2) is 12.7 Å². The summed E-state index contributed by atoms with van der Waals surface area (Å²) in [6, 6.07) is -1.67. The highest BCUT2D eigenvalue weighted by atomic mass is 16.5. The van der Waals surface area contributed by atoms with Crippen molar-refractivity contribution in [3.05, 3.63) is 12.7 Å². The number of carbonyl (C=O) groups excluding carboxylic acids is 1. The van der Waals surface area contributed by atoms with Gasteiger partial charge in [-0.25, -0.2) is 15.0 Å². The van der Waals surface area contributed by atoms with Gasteiger partial charge < -0.3 is 46.1 Å². The molecule has 2 fully saturated rings. The second kappa shape index (κ2) is 8.14. The number of nitrogens with one attached hydrogen (secondary N) is 4. The van der Waals surface area contributed by atoms with Crippen LogP contribution in [0.2, 0.25) is 0 Å². The predicted octanol–water partition coefficient (Wildman–Crippen LogP) is -3.59. The van der Waals surface area contributed by atoms with Crippen molar-refractivity contribution in [1.82, 2.24) is 30.6 Å². The number of aliphatic hydroxyl groups is 4. The van der Waals surface area contributed by atoms with E-state index in [-0.39, 0.29) is 6.42 Å². The molecular formula is C16H23N7O6. The Labute approximate surface area is 164 Å². The van der Waals surface area contributed by atoms with Crippen LogP contribution in [0.3, 0.4) is 0 Å². The van der Waals surface area contributed by atoms with Crippen LogP contribution in [-0.2, 0) is 9.53 Å². The van der Waals surface area contributed by atoms with Gasteiger partial charge in [-0.1, -0.05) is 0 Å². The number of amides is 1. The number of anilines is 1. The predicted molar refractivity (Wildman–Crippen MR) is 97.4 cm³/mol. The molecule has 7 atom stereocenters. The van der Waals surface area contributed by atoms with E-state index >= 15 is 0 Å². The van der Waals surface area contributed by atoms with Crippen molar-refractivity contribution in [2.45, 2.75) is 49.1 Å². The zero-order valence-electron chi connectivity index (χ0n) is 15.3. The first kappa shape index (κ1) is 19.9. The van der Waals surface area contributed by atoms with Crippen LogP contribution in [-0.4, -0.2) is 102 Å². The van der Waals surface area contributed by atoms with Gasteiger partial charge in [0.1, 0.15) is 30.2 Å². The van der Waals surface area contributed by atoms with Crippen molar-refractivity contribution in [3.63, 3.8) is 0 Å². The van der Waals surface area contributed by atoms with Crippen LogP contribution in [0.1, 0.15) is 6.42 Å². The number of fused-ring (bicyclic) bond motifs is 1. The van der Waals surface area contributed by atoms with E-state index in [4.69, 9.17) is 4.74 Å². The molecular weight excluding hydrogens is 386 g/mol. The fourth-order valence-corrected chi connectivity index (χ4v) is 3.61. The van der Waals surface area contributed by atoms with E-state index in [1.54, 1.807) is 0 Å². The molecule has 0 radical (unpaired) electrons. The van der Waals surface area contributed by atoms with Crippen molar-refractivity contribution in [1.29, 1.82) is 0 Å². The number of aliphatic hydroxyl groups excluding tert-OH is 4. The molecule has 29 heavy (non-hydrogen) atoms. The van der Waals surface area contributed by atoms with E-state index in [0.29, 0.717) is 23.5 Å². The Hall–Kier alpha value is -2.42. The number of imidazole rings is 1. The van der Waals surface area contributed by atoms with Crippen LogP contribution in [0.5, 0.6) is 0 Å². The summed E-state index contributed by atoms with van der Waals surface area (Å²) in [5.41, 5.74) is 0.892. The van der Waals surface area contributed by atoms with Crippen LogP contribution < -0.4 is 16.0 Å². The van der Waals surface area contributed by atoms with Gasteiger partial charge in [-0.15, -0.1) is 0 Å². The summed E-state index contributed by atoms with van der Waals surface area (Å²) >= 11 is 0. The average Bonchev–Trinajstić information content (AvgIpc) is 3.37. The van der Waals surface area contributed by atoms with Crippen molar-refractivity contribution >= 4 is 22.9 Å². The first-order valence-electron chi connectivity index (χ1n) is 9.23. The third-order valence-corrected chi connectivity index (χ3v) is 5.16. The third-order valence-electron chi connectivity index (χ3n) is 5.16. The molecule has 1 unspecified atom stereocenters. The average molecular weight is 409 g/mol. The number of nitrogens with zero attached hydrogens (tertiary/aromatic N) is 3. The van der Waals surface area contributed by atoms with Crippen LogP contribution in [0, 0.1) is 0 Å². The van der Waals surface area contributed by atoms with Crippen molar-refractivity contribution in [3.8, 4) is 0 Å². The maximum absolute atomic E-state index is 12.4. The van der Waals surface area contributed by atoms with Gasteiger partial charge in [-0.05, 0) is 6.42 Å². The lowest BCUT2D eigenvalue weighted by atomic mass is 9.95. The highest BCUT2D eigenvalue weighted by Crippen LogP contribution is 2.24. The Morgan fingerprint density at radius 1 is 1.24 bits per heavy atom. The van der Waals surface area contributed by atoms with Gasteiger partial charge in [0.15, 0.2) is 17.7 Å². The number of rotatable bonds is 5. The van der Waals surface area contributed by atoms with E-state index in [1.165, 1.54) is 12.7 Å². The maximum atomic E-state index is 12.4. The van der Waals surface area contributed by atoms with Gasteiger partial charge in [0.25, 0.3) is 0 Å². The molecule has 8 N–H and O–H groups in total. The minimum Gasteiger partial charge on any atom is -0.394 e. The van der Waals surface area contributed by atoms with E-state index in [1.807, 2.05) is 0 Å². The Morgan fingerprint density at radius 3 is 2.79 bits per heavy atom. The summed E-state index contributed by atoms with van der Waals surface area (Å²) < 4.78 is 5.69. The molecule has 1 amide bonds. The largest absolute Gasteiger partial charge is 0.394 e. The first-order valence-corrected chi connectivity index (χ1v) is 9.23. The Kier molecular flexibility index (Phi) is 5.58. The third kappa shape index (κ3) is 3.88. The smallest absolute Gasteiger partial charge is 0.237 e. The van der Waals surface area contributed by atoms with Crippen molar-refractivity contribution < 1.29 is 30.0 Å². The second-order valence-corrected chi connectivity index (χ2v) is 7.11. The minimum absolute atomic E-state index is 0.236. The van der Waals surface area contributed by atoms with Crippen molar-refractivity contribution in [2.24, 2.45) is 0 Å². The van der Waals surface area contributed by atoms with E-state index < -0.39 is 55.2 Å². The number of aromatic nitrogens is 4. The lowest BCUT2D eigenvalue weighted by Gasteiger charge is -2.43. The van der Waals surface area contributed by atoms with Crippen LogP contribution in [0.25, 0.3) is 11.2 Å². The van der Waals surface area contributed by atoms with Gasteiger partial charge in [-0.2, -0.15) is 0 Å². The Morgan fingerprint density at radius 2 is 2.07 bits per heavy atom. The number of carbonyl (C=O) groups is 1. The molecule has 0 saturated carbocycles. The first-order chi connectivity index (χ1) is 14.0. The lowest BCUT2D eigenvalue weighted by Crippen LogP contribution is -2.66. The quantitative estimate of drug-likeness (QED) is 0.243. The summed E-state index contributed by atoms with van der Waals surface area (Å²) in [5.74, 6) is -0.159. The van der Waals surface area contributed by atoms with E-state index in [0.717, 1.165) is 0 Å². The highest BCUT2D eigenvalue weighted by Gasteiger charge is 2.46. The molecule has 2 saturated heterocycles. The number of hydrogen-bond donors (Lipinski definition) is 8. The molecule has 4 rings (SSSR count).